The molecule has 132 valence electrons. The van der Waals surface area contributed by atoms with E-state index in [1.165, 1.54) is 24.7 Å². The third-order valence-corrected chi connectivity index (χ3v) is 5.04. The fourth-order valence-electron chi connectivity index (χ4n) is 3.72. The zero-order chi connectivity index (χ0) is 17.8. The molecule has 1 heterocycles. The van der Waals surface area contributed by atoms with E-state index in [0.717, 1.165) is 18.5 Å². The van der Waals surface area contributed by atoms with Crippen LogP contribution in [0.1, 0.15) is 47.6 Å². The highest BCUT2D eigenvalue weighted by molar-refractivity contribution is 5.95. The first kappa shape index (κ1) is 16.4. The minimum atomic E-state index is -0.0688. The van der Waals surface area contributed by atoms with E-state index in [1.54, 1.807) is 4.68 Å². The predicted molar refractivity (Wildman–Crippen MR) is 97.8 cm³/mol. The van der Waals surface area contributed by atoms with Gasteiger partial charge in [0.2, 0.25) is 0 Å². The Balaban J connectivity index is 1.58. The van der Waals surface area contributed by atoms with Crippen LogP contribution in [-0.2, 0) is 0 Å². The van der Waals surface area contributed by atoms with E-state index < -0.39 is 0 Å². The number of rotatable bonds is 5. The summed E-state index contributed by atoms with van der Waals surface area (Å²) < 4.78 is 1.54. The molecule has 3 aromatic rings. The summed E-state index contributed by atoms with van der Waals surface area (Å²) in [7, 11) is 0. The van der Waals surface area contributed by atoms with Crippen molar-refractivity contribution in [2.45, 2.75) is 31.7 Å². The smallest absolute Gasteiger partial charge is 0.251 e. The van der Waals surface area contributed by atoms with Crippen LogP contribution in [0, 0.1) is 5.92 Å². The van der Waals surface area contributed by atoms with E-state index in [2.05, 4.69) is 33.0 Å². The highest BCUT2D eigenvalue weighted by Gasteiger charge is 2.28. The third kappa shape index (κ3) is 3.49. The Bertz CT molecular complexity index is 857. The maximum absolute atomic E-state index is 12.9. The Kier molecular flexibility index (Phi) is 4.73. The summed E-state index contributed by atoms with van der Waals surface area (Å²) in [5.74, 6) is 0.421. The lowest BCUT2D eigenvalue weighted by Gasteiger charge is -2.25. The largest absolute Gasteiger partial charge is 0.345 e. The molecule has 0 saturated heterocycles. The van der Waals surface area contributed by atoms with Crippen molar-refractivity contribution in [3.63, 3.8) is 0 Å². The van der Waals surface area contributed by atoms with E-state index in [0.29, 0.717) is 11.5 Å². The molecule has 0 radical (unpaired) electrons. The number of hydrogen-bond acceptors (Lipinski definition) is 4. The van der Waals surface area contributed by atoms with Gasteiger partial charge in [-0.3, -0.25) is 4.79 Å². The number of carbonyl (C=O) groups excluding carboxylic acids is 1. The number of nitrogens with one attached hydrogen (secondary N) is 1. The van der Waals surface area contributed by atoms with Crippen molar-refractivity contribution in [2.75, 3.05) is 0 Å². The SMILES string of the molecule is O=C(N[C@H](c1ccccc1)C1CCCC1)c1cccc(-n2cnnn2)c1. The van der Waals surface area contributed by atoms with Gasteiger partial charge in [0, 0.05) is 5.56 Å². The summed E-state index contributed by atoms with van der Waals surface area (Å²) in [6.07, 6.45) is 6.30. The van der Waals surface area contributed by atoms with Crippen molar-refractivity contribution >= 4 is 5.91 Å². The van der Waals surface area contributed by atoms with Gasteiger partial charge in [-0.25, -0.2) is 4.68 Å². The lowest BCUT2D eigenvalue weighted by atomic mass is 9.91. The molecule has 0 bridgehead atoms. The zero-order valence-corrected chi connectivity index (χ0v) is 14.5. The number of benzene rings is 2. The number of tetrazole rings is 1. The molecule has 1 aliphatic carbocycles. The van der Waals surface area contributed by atoms with Crippen molar-refractivity contribution in [1.82, 2.24) is 25.5 Å². The Hall–Kier alpha value is -3.02. The third-order valence-electron chi connectivity index (χ3n) is 5.04. The van der Waals surface area contributed by atoms with Gasteiger partial charge in [0.1, 0.15) is 6.33 Å². The second-order valence-corrected chi connectivity index (χ2v) is 6.71. The predicted octanol–water partition coefficient (Wildman–Crippen LogP) is 3.32. The molecule has 4 rings (SSSR count). The van der Waals surface area contributed by atoms with Crippen molar-refractivity contribution < 1.29 is 4.79 Å². The first-order chi connectivity index (χ1) is 12.8. The van der Waals surface area contributed by atoms with Gasteiger partial charge in [0.05, 0.1) is 11.7 Å². The van der Waals surface area contributed by atoms with Gasteiger partial charge in [0.25, 0.3) is 5.91 Å². The molecule has 0 unspecified atom stereocenters. The number of carbonyl (C=O) groups is 1. The second-order valence-electron chi connectivity index (χ2n) is 6.71. The molecular weight excluding hydrogens is 326 g/mol. The molecular formula is C20H21N5O. The maximum Gasteiger partial charge on any atom is 0.251 e. The minimum absolute atomic E-state index is 0.0443. The van der Waals surface area contributed by atoms with Crippen molar-refractivity contribution in [3.8, 4) is 5.69 Å². The molecule has 6 heteroatoms. The van der Waals surface area contributed by atoms with Crippen LogP contribution in [0.5, 0.6) is 0 Å². The zero-order valence-electron chi connectivity index (χ0n) is 14.5. The first-order valence-electron chi connectivity index (χ1n) is 9.00. The topological polar surface area (TPSA) is 72.7 Å². The van der Waals surface area contributed by atoms with Crippen LogP contribution in [-0.4, -0.2) is 26.1 Å². The Morgan fingerprint density at radius 1 is 1.08 bits per heavy atom. The molecule has 0 aliphatic heterocycles. The monoisotopic (exact) mass is 347 g/mol. The molecule has 0 spiro atoms. The van der Waals surface area contributed by atoms with Crippen LogP contribution in [0.4, 0.5) is 0 Å². The number of nitrogens with zero attached hydrogens (tertiary/aromatic N) is 4. The van der Waals surface area contributed by atoms with Gasteiger partial charge < -0.3 is 5.32 Å². The summed E-state index contributed by atoms with van der Waals surface area (Å²) in [6.45, 7) is 0. The quantitative estimate of drug-likeness (QED) is 0.768. The summed E-state index contributed by atoms with van der Waals surface area (Å²) >= 11 is 0. The normalized spacial score (nSPS) is 15.7. The van der Waals surface area contributed by atoms with E-state index >= 15 is 0 Å². The molecule has 1 amide bonds. The van der Waals surface area contributed by atoms with E-state index in [9.17, 15) is 4.79 Å². The lowest BCUT2D eigenvalue weighted by molar-refractivity contribution is 0.0921. The summed E-state index contributed by atoms with van der Waals surface area (Å²) in [5, 5.41) is 14.4. The molecule has 26 heavy (non-hydrogen) atoms. The molecule has 1 N–H and O–H groups in total. The van der Waals surface area contributed by atoms with Gasteiger partial charge in [0.15, 0.2) is 0 Å². The maximum atomic E-state index is 12.9. The fraction of sp³-hybridized carbons (Fsp3) is 0.300. The average Bonchev–Trinajstić information content (AvgIpc) is 3.40. The molecule has 2 aromatic carbocycles. The molecule has 1 aliphatic rings. The van der Waals surface area contributed by atoms with E-state index in [-0.39, 0.29) is 11.9 Å². The Morgan fingerprint density at radius 2 is 1.88 bits per heavy atom. The second kappa shape index (κ2) is 7.47. The van der Waals surface area contributed by atoms with Gasteiger partial charge >= 0.3 is 0 Å². The van der Waals surface area contributed by atoms with Crippen LogP contribution in [0.25, 0.3) is 5.69 Å². The highest BCUT2D eigenvalue weighted by Crippen LogP contribution is 2.35. The highest BCUT2D eigenvalue weighted by atomic mass is 16.1. The van der Waals surface area contributed by atoms with Crippen LogP contribution >= 0.6 is 0 Å². The van der Waals surface area contributed by atoms with Crippen LogP contribution in [0.15, 0.2) is 60.9 Å². The number of aromatic nitrogens is 4. The van der Waals surface area contributed by atoms with E-state index in [1.807, 2.05) is 42.5 Å². The molecule has 1 fully saturated rings. The standard InChI is InChI=1S/C20H21N5O/c26-20(17-11-6-12-18(13-17)25-14-21-23-24-25)22-19(16-9-4-5-10-16)15-7-2-1-3-8-15/h1-3,6-8,11-14,16,19H,4-5,9-10H2,(H,22,26)/t19-/m1/s1. The minimum Gasteiger partial charge on any atom is -0.345 e. The van der Waals surface area contributed by atoms with Crippen LogP contribution in [0.2, 0.25) is 0 Å². The summed E-state index contributed by atoms with van der Waals surface area (Å²) in [5.41, 5.74) is 2.54. The van der Waals surface area contributed by atoms with Gasteiger partial charge in [-0.15, -0.1) is 5.10 Å². The fourth-order valence-corrected chi connectivity index (χ4v) is 3.72. The van der Waals surface area contributed by atoms with Gasteiger partial charge in [-0.05, 0) is 52.9 Å². The van der Waals surface area contributed by atoms with Gasteiger partial charge in [-0.1, -0.05) is 49.2 Å². The Labute approximate surface area is 152 Å². The van der Waals surface area contributed by atoms with Crippen LogP contribution in [0.3, 0.4) is 0 Å². The number of amides is 1. The van der Waals surface area contributed by atoms with Crippen LogP contribution < -0.4 is 5.32 Å². The number of hydrogen-bond donors (Lipinski definition) is 1. The summed E-state index contributed by atoms with van der Waals surface area (Å²) in [6, 6.07) is 17.7. The molecule has 1 aromatic heterocycles. The van der Waals surface area contributed by atoms with E-state index in [4.69, 9.17) is 0 Å². The van der Waals surface area contributed by atoms with Gasteiger partial charge in [-0.2, -0.15) is 0 Å². The average molecular weight is 347 g/mol. The summed E-state index contributed by atoms with van der Waals surface area (Å²) in [4.78, 5) is 12.9. The Morgan fingerprint density at radius 3 is 2.62 bits per heavy atom. The molecule has 6 nitrogen and oxygen atoms in total. The van der Waals surface area contributed by atoms with Crippen molar-refractivity contribution in [1.29, 1.82) is 0 Å². The molecule has 1 atom stereocenters. The lowest BCUT2D eigenvalue weighted by Crippen LogP contribution is -2.32. The van der Waals surface area contributed by atoms with Crippen molar-refractivity contribution in [2.24, 2.45) is 5.92 Å². The molecule has 1 saturated carbocycles. The first-order valence-corrected chi connectivity index (χ1v) is 9.00. The van der Waals surface area contributed by atoms with Crippen molar-refractivity contribution in [3.05, 3.63) is 72.1 Å².